The molecule has 5 nitrogen and oxygen atoms in total. The molecule has 2 rings (SSSR count). The van der Waals surface area contributed by atoms with Gasteiger partial charge in [-0.15, -0.1) is 0 Å². The summed E-state index contributed by atoms with van der Waals surface area (Å²) in [7, 11) is 0. The Morgan fingerprint density at radius 1 is 1.22 bits per heavy atom. The molecule has 1 unspecified atom stereocenters. The lowest BCUT2D eigenvalue weighted by molar-refractivity contribution is -0.149. The quantitative estimate of drug-likeness (QED) is 0.789. The maximum Gasteiger partial charge on any atom is 0.308 e. The van der Waals surface area contributed by atoms with E-state index in [4.69, 9.17) is 10.5 Å². The Hall–Kier alpha value is -1.88. The van der Waals surface area contributed by atoms with Crippen molar-refractivity contribution in [1.82, 2.24) is 5.32 Å². The summed E-state index contributed by atoms with van der Waals surface area (Å²) in [4.78, 5) is 23.8. The molecule has 0 aliphatic heterocycles. The first kappa shape index (κ1) is 17.5. The van der Waals surface area contributed by atoms with Crippen LogP contribution >= 0.6 is 0 Å². The molecule has 0 heterocycles. The third-order valence-electron chi connectivity index (χ3n) is 4.35. The van der Waals surface area contributed by atoms with Gasteiger partial charge in [-0.3, -0.25) is 9.59 Å². The molecule has 1 aliphatic rings. The van der Waals surface area contributed by atoms with Crippen LogP contribution in [-0.2, 0) is 14.3 Å². The van der Waals surface area contributed by atoms with E-state index in [1.54, 1.807) is 0 Å². The maximum absolute atomic E-state index is 12.1. The molecular formula is C18H26N2O3. The molecule has 5 heteroatoms. The van der Waals surface area contributed by atoms with Gasteiger partial charge in [-0.05, 0) is 38.2 Å². The number of nitrogens with one attached hydrogen (secondary N) is 1. The van der Waals surface area contributed by atoms with Gasteiger partial charge in [-0.25, -0.2) is 0 Å². The second-order valence-electron chi connectivity index (χ2n) is 6.09. The van der Waals surface area contributed by atoms with Gasteiger partial charge in [0.25, 0.3) is 0 Å². The number of esters is 1. The Labute approximate surface area is 137 Å². The molecule has 1 amide bonds. The third-order valence-corrected chi connectivity index (χ3v) is 4.35. The minimum absolute atomic E-state index is 0.0188. The Bertz CT molecular complexity index is 510. The van der Waals surface area contributed by atoms with Crippen molar-refractivity contribution in [2.75, 3.05) is 6.61 Å². The van der Waals surface area contributed by atoms with Crippen molar-refractivity contribution in [3.05, 3.63) is 35.9 Å². The van der Waals surface area contributed by atoms with Gasteiger partial charge >= 0.3 is 5.97 Å². The lowest BCUT2D eigenvalue weighted by Crippen LogP contribution is -2.40. The van der Waals surface area contributed by atoms with E-state index in [1.165, 1.54) is 0 Å². The second-order valence-corrected chi connectivity index (χ2v) is 6.09. The molecule has 1 aromatic rings. The number of nitrogens with two attached hydrogens (primary N) is 1. The summed E-state index contributed by atoms with van der Waals surface area (Å²) in [6.45, 7) is 2.24. The van der Waals surface area contributed by atoms with Gasteiger partial charge in [0, 0.05) is 18.5 Å². The van der Waals surface area contributed by atoms with Gasteiger partial charge < -0.3 is 15.8 Å². The Morgan fingerprint density at radius 2 is 1.87 bits per heavy atom. The summed E-state index contributed by atoms with van der Waals surface area (Å²) in [5, 5.41) is 3.04. The van der Waals surface area contributed by atoms with Crippen molar-refractivity contribution in [2.45, 2.75) is 51.1 Å². The maximum atomic E-state index is 12.1. The number of hydrogen-bond acceptors (Lipinski definition) is 4. The highest BCUT2D eigenvalue weighted by molar-refractivity contribution is 5.77. The zero-order valence-corrected chi connectivity index (χ0v) is 13.7. The SMILES string of the molecule is CCOC(=O)C1CCC(NC(=O)CC(N)c2ccccc2)CC1. The van der Waals surface area contributed by atoms with Crippen LogP contribution in [-0.4, -0.2) is 24.5 Å². The van der Waals surface area contributed by atoms with Gasteiger partial charge in [0.15, 0.2) is 0 Å². The molecule has 0 spiro atoms. The summed E-state index contributed by atoms with van der Waals surface area (Å²) in [6, 6.07) is 9.49. The van der Waals surface area contributed by atoms with Gasteiger partial charge in [0.05, 0.1) is 12.5 Å². The van der Waals surface area contributed by atoms with Crippen LogP contribution in [0.4, 0.5) is 0 Å². The number of carbonyl (C=O) groups excluding carboxylic acids is 2. The molecule has 0 radical (unpaired) electrons. The number of amides is 1. The number of rotatable bonds is 6. The third kappa shape index (κ3) is 5.36. The number of benzene rings is 1. The summed E-state index contributed by atoms with van der Waals surface area (Å²) >= 11 is 0. The van der Waals surface area contributed by atoms with E-state index in [2.05, 4.69) is 5.32 Å². The molecule has 23 heavy (non-hydrogen) atoms. The first-order valence-corrected chi connectivity index (χ1v) is 8.36. The molecule has 1 fully saturated rings. The lowest BCUT2D eigenvalue weighted by atomic mass is 9.86. The normalized spacial score (nSPS) is 22.2. The predicted molar refractivity (Wildman–Crippen MR) is 88.5 cm³/mol. The van der Waals surface area contributed by atoms with E-state index in [0.29, 0.717) is 6.61 Å². The van der Waals surface area contributed by atoms with Crippen LogP contribution in [0.25, 0.3) is 0 Å². The monoisotopic (exact) mass is 318 g/mol. The standard InChI is InChI=1S/C18H26N2O3/c1-2-23-18(22)14-8-10-15(11-9-14)20-17(21)12-16(19)13-6-4-3-5-7-13/h3-7,14-16H,2,8-12,19H2,1H3,(H,20,21). The Kier molecular flexibility index (Phi) is 6.59. The van der Waals surface area contributed by atoms with Gasteiger partial charge in [0.2, 0.25) is 5.91 Å². The fraction of sp³-hybridized carbons (Fsp3) is 0.556. The van der Waals surface area contributed by atoms with Crippen LogP contribution in [0.5, 0.6) is 0 Å². The van der Waals surface area contributed by atoms with Crippen LogP contribution in [0.3, 0.4) is 0 Å². The second kappa shape index (κ2) is 8.67. The van der Waals surface area contributed by atoms with Crippen molar-refractivity contribution >= 4 is 11.9 Å². The molecule has 1 atom stereocenters. The summed E-state index contributed by atoms with van der Waals surface area (Å²) in [6.07, 6.45) is 3.45. The molecule has 1 saturated carbocycles. The molecule has 126 valence electrons. The van der Waals surface area contributed by atoms with Gasteiger partial charge in [-0.2, -0.15) is 0 Å². The molecule has 3 N–H and O–H groups in total. The van der Waals surface area contributed by atoms with E-state index < -0.39 is 0 Å². The highest BCUT2D eigenvalue weighted by atomic mass is 16.5. The smallest absolute Gasteiger partial charge is 0.308 e. The topological polar surface area (TPSA) is 81.4 Å². The molecular weight excluding hydrogens is 292 g/mol. The largest absolute Gasteiger partial charge is 0.466 e. The van der Waals surface area contributed by atoms with Crippen LogP contribution in [0.1, 0.15) is 50.6 Å². The predicted octanol–water partition coefficient (Wildman–Crippen LogP) is 2.31. The lowest BCUT2D eigenvalue weighted by Gasteiger charge is -2.28. The molecule has 0 aromatic heterocycles. The van der Waals surface area contributed by atoms with E-state index in [0.717, 1.165) is 31.2 Å². The molecule has 1 aliphatic carbocycles. The minimum Gasteiger partial charge on any atom is -0.466 e. The van der Waals surface area contributed by atoms with Crippen molar-refractivity contribution in [3.8, 4) is 0 Å². The van der Waals surface area contributed by atoms with Crippen LogP contribution in [0.2, 0.25) is 0 Å². The average Bonchev–Trinajstić information content (AvgIpc) is 2.56. The first-order chi connectivity index (χ1) is 11.1. The van der Waals surface area contributed by atoms with Crippen molar-refractivity contribution in [3.63, 3.8) is 0 Å². The summed E-state index contributed by atoms with van der Waals surface area (Å²) in [5.74, 6) is -0.154. The fourth-order valence-corrected chi connectivity index (χ4v) is 3.04. The Balaban J connectivity index is 1.73. The average molecular weight is 318 g/mol. The number of carbonyl (C=O) groups is 2. The first-order valence-electron chi connectivity index (χ1n) is 8.36. The van der Waals surface area contributed by atoms with Crippen LogP contribution in [0.15, 0.2) is 30.3 Å². The molecule has 1 aromatic carbocycles. The number of hydrogen-bond donors (Lipinski definition) is 2. The van der Waals surface area contributed by atoms with Gasteiger partial charge in [0.1, 0.15) is 0 Å². The number of ether oxygens (including phenoxy) is 1. The van der Waals surface area contributed by atoms with Gasteiger partial charge in [-0.1, -0.05) is 30.3 Å². The molecule has 0 saturated heterocycles. The fourth-order valence-electron chi connectivity index (χ4n) is 3.04. The minimum atomic E-state index is -0.285. The van der Waals surface area contributed by atoms with Crippen molar-refractivity contribution < 1.29 is 14.3 Å². The summed E-state index contributed by atoms with van der Waals surface area (Å²) in [5.41, 5.74) is 7.04. The Morgan fingerprint density at radius 3 is 2.48 bits per heavy atom. The zero-order chi connectivity index (χ0) is 16.7. The van der Waals surface area contributed by atoms with Crippen molar-refractivity contribution in [1.29, 1.82) is 0 Å². The van der Waals surface area contributed by atoms with E-state index in [1.807, 2.05) is 37.3 Å². The highest BCUT2D eigenvalue weighted by Crippen LogP contribution is 2.25. The van der Waals surface area contributed by atoms with Crippen LogP contribution in [0, 0.1) is 5.92 Å². The van der Waals surface area contributed by atoms with E-state index in [-0.39, 0.29) is 36.3 Å². The summed E-state index contributed by atoms with van der Waals surface area (Å²) < 4.78 is 5.06. The highest BCUT2D eigenvalue weighted by Gasteiger charge is 2.28. The van der Waals surface area contributed by atoms with Crippen LogP contribution < -0.4 is 11.1 Å². The van der Waals surface area contributed by atoms with E-state index >= 15 is 0 Å². The van der Waals surface area contributed by atoms with Crippen molar-refractivity contribution in [2.24, 2.45) is 11.7 Å². The molecule has 0 bridgehead atoms. The van der Waals surface area contributed by atoms with E-state index in [9.17, 15) is 9.59 Å². The zero-order valence-electron chi connectivity index (χ0n) is 13.7.